The third-order valence-corrected chi connectivity index (χ3v) is 2.63. The molecule has 0 unspecified atom stereocenters. The summed E-state index contributed by atoms with van der Waals surface area (Å²) >= 11 is 0. The number of hydrogen-bond acceptors (Lipinski definition) is 3. The van der Waals surface area contributed by atoms with Crippen LogP contribution in [0.3, 0.4) is 0 Å². The van der Waals surface area contributed by atoms with Crippen molar-refractivity contribution in [2.24, 2.45) is 0 Å². The Balaban J connectivity index is 2.00. The Kier molecular flexibility index (Phi) is 4.37. The van der Waals surface area contributed by atoms with Crippen LogP contribution in [0.1, 0.15) is 13.8 Å². The predicted octanol–water partition coefficient (Wildman–Crippen LogP) is 1.53. The quantitative estimate of drug-likeness (QED) is 0.868. The zero-order chi connectivity index (χ0) is 14.5. The van der Waals surface area contributed by atoms with Gasteiger partial charge in [0.25, 0.3) is 0 Å². The second kappa shape index (κ2) is 6.21. The molecule has 6 nitrogen and oxygen atoms in total. The average molecular weight is 275 g/mol. The summed E-state index contributed by atoms with van der Waals surface area (Å²) in [6.45, 7) is 3.77. The molecule has 1 amide bonds. The number of carbonyl (C=O) groups is 1. The topological polar surface area (TPSA) is 76.1 Å². The number of benzene rings is 1. The minimum atomic E-state index is -0.203. The highest BCUT2D eigenvalue weighted by Crippen LogP contribution is 2.11. The Morgan fingerprint density at radius 3 is 2.60 bits per heavy atom. The smallest absolute Gasteiger partial charge is 0.330 e. The fraction of sp³-hybridized carbons (Fsp3) is 0.286. The lowest BCUT2D eigenvalue weighted by molar-refractivity contribution is -0.121. The highest BCUT2D eigenvalue weighted by atomic mass is 16.5. The lowest BCUT2D eigenvalue weighted by Crippen LogP contribution is -2.20. The molecule has 2 rings (SSSR count). The van der Waals surface area contributed by atoms with Crippen LogP contribution in [0, 0.1) is 0 Å². The third kappa shape index (κ3) is 3.58. The van der Waals surface area contributed by atoms with Gasteiger partial charge in [0, 0.05) is 18.1 Å². The largest absolute Gasteiger partial charge is 0.369 e. The molecule has 2 aromatic rings. The number of aromatic amines is 1. The average Bonchev–Trinajstić information content (AvgIpc) is 2.84. The number of carbonyl (C=O) groups excluding carboxylic acids is 1. The summed E-state index contributed by atoms with van der Waals surface area (Å²) in [5.74, 6) is -0.203. The van der Waals surface area contributed by atoms with Gasteiger partial charge in [-0.3, -0.25) is 9.36 Å². The molecule has 0 aliphatic rings. The maximum Gasteiger partial charge on any atom is 0.330 e. The Bertz CT molecular complexity index is 626. The first-order chi connectivity index (χ1) is 9.56. The second-order valence-electron chi connectivity index (χ2n) is 4.59. The molecule has 0 fully saturated rings. The van der Waals surface area contributed by atoms with Crippen LogP contribution in [-0.2, 0) is 9.53 Å². The van der Waals surface area contributed by atoms with Crippen LogP contribution in [0.4, 0.5) is 5.69 Å². The van der Waals surface area contributed by atoms with Gasteiger partial charge in [-0.05, 0) is 38.1 Å². The van der Waals surface area contributed by atoms with E-state index < -0.39 is 0 Å². The summed E-state index contributed by atoms with van der Waals surface area (Å²) in [5.41, 5.74) is 1.19. The SMILES string of the molecule is CC(C)OCC(=O)Nc1ccc(-n2cc[nH]c2=O)cc1. The summed E-state index contributed by atoms with van der Waals surface area (Å²) in [6.07, 6.45) is 3.23. The zero-order valence-electron chi connectivity index (χ0n) is 11.4. The van der Waals surface area contributed by atoms with Crippen LogP contribution in [0.15, 0.2) is 41.5 Å². The van der Waals surface area contributed by atoms with Gasteiger partial charge >= 0.3 is 5.69 Å². The number of anilines is 1. The second-order valence-corrected chi connectivity index (χ2v) is 4.59. The molecule has 0 saturated heterocycles. The summed E-state index contributed by atoms with van der Waals surface area (Å²) in [5, 5.41) is 2.73. The highest BCUT2D eigenvalue weighted by Gasteiger charge is 2.05. The normalized spacial score (nSPS) is 10.8. The molecule has 0 radical (unpaired) electrons. The Hall–Kier alpha value is -2.34. The first-order valence-corrected chi connectivity index (χ1v) is 6.34. The molecule has 1 heterocycles. The van der Waals surface area contributed by atoms with Gasteiger partial charge in [0.1, 0.15) is 6.61 Å². The number of rotatable bonds is 5. The maximum absolute atomic E-state index is 11.6. The number of nitrogens with one attached hydrogen (secondary N) is 2. The van der Waals surface area contributed by atoms with Crippen LogP contribution in [0.2, 0.25) is 0 Å². The maximum atomic E-state index is 11.6. The van der Waals surface area contributed by atoms with E-state index in [0.29, 0.717) is 5.69 Å². The van der Waals surface area contributed by atoms with Crippen LogP contribution in [0.5, 0.6) is 0 Å². The minimum absolute atomic E-state index is 0.0172. The van der Waals surface area contributed by atoms with E-state index in [2.05, 4.69) is 10.3 Å². The van der Waals surface area contributed by atoms with Gasteiger partial charge in [-0.2, -0.15) is 0 Å². The van der Waals surface area contributed by atoms with Crippen molar-refractivity contribution >= 4 is 11.6 Å². The monoisotopic (exact) mass is 275 g/mol. The molecule has 6 heteroatoms. The first-order valence-electron chi connectivity index (χ1n) is 6.34. The van der Waals surface area contributed by atoms with Crippen molar-refractivity contribution in [1.82, 2.24) is 9.55 Å². The number of hydrogen-bond donors (Lipinski definition) is 2. The lowest BCUT2D eigenvalue weighted by atomic mass is 10.2. The molecule has 0 aliphatic carbocycles. The molecular formula is C14H17N3O3. The summed E-state index contributed by atoms with van der Waals surface area (Å²) in [7, 11) is 0. The van der Waals surface area contributed by atoms with Crippen molar-refractivity contribution in [1.29, 1.82) is 0 Å². The Labute approximate surface area is 116 Å². The van der Waals surface area contributed by atoms with Crippen molar-refractivity contribution in [2.45, 2.75) is 20.0 Å². The lowest BCUT2D eigenvalue weighted by Gasteiger charge is -2.09. The number of imidazole rings is 1. The number of ether oxygens (including phenoxy) is 1. The number of aromatic nitrogens is 2. The molecule has 1 aromatic carbocycles. The van der Waals surface area contributed by atoms with E-state index in [1.165, 1.54) is 4.57 Å². The van der Waals surface area contributed by atoms with E-state index >= 15 is 0 Å². The van der Waals surface area contributed by atoms with Crippen LogP contribution < -0.4 is 11.0 Å². The predicted molar refractivity (Wildman–Crippen MR) is 76.1 cm³/mol. The van der Waals surface area contributed by atoms with E-state index in [1.54, 1.807) is 36.7 Å². The van der Waals surface area contributed by atoms with E-state index in [9.17, 15) is 9.59 Å². The van der Waals surface area contributed by atoms with Gasteiger partial charge in [0.15, 0.2) is 0 Å². The van der Waals surface area contributed by atoms with Crippen molar-refractivity contribution in [2.75, 3.05) is 11.9 Å². The number of amides is 1. The molecule has 1 aromatic heterocycles. The van der Waals surface area contributed by atoms with Crippen LogP contribution in [0.25, 0.3) is 5.69 Å². The van der Waals surface area contributed by atoms with Crippen molar-refractivity contribution in [3.8, 4) is 5.69 Å². The molecule has 0 bridgehead atoms. The van der Waals surface area contributed by atoms with Gasteiger partial charge in [0.05, 0.1) is 11.8 Å². The minimum Gasteiger partial charge on any atom is -0.369 e. The number of H-pyrrole nitrogens is 1. The Morgan fingerprint density at radius 2 is 2.05 bits per heavy atom. The number of nitrogens with zero attached hydrogens (tertiary/aromatic N) is 1. The zero-order valence-corrected chi connectivity index (χ0v) is 11.4. The van der Waals surface area contributed by atoms with Gasteiger partial charge in [-0.15, -0.1) is 0 Å². The summed E-state index contributed by atoms with van der Waals surface area (Å²) in [4.78, 5) is 25.6. The van der Waals surface area contributed by atoms with Crippen LogP contribution in [-0.4, -0.2) is 28.2 Å². The van der Waals surface area contributed by atoms with E-state index in [-0.39, 0.29) is 24.3 Å². The fourth-order valence-electron chi connectivity index (χ4n) is 1.67. The van der Waals surface area contributed by atoms with Crippen molar-refractivity contribution < 1.29 is 9.53 Å². The molecule has 2 N–H and O–H groups in total. The van der Waals surface area contributed by atoms with Gasteiger partial charge in [-0.25, -0.2) is 4.79 Å². The molecule has 0 spiro atoms. The Morgan fingerprint density at radius 1 is 1.35 bits per heavy atom. The van der Waals surface area contributed by atoms with Gasteiger partial charge in [-0.1, -0.05) is 0 Å². The van der Waals surface area contributed by atoms with E-state index in [4.69, 9.17) is 4.74 Å². The highest BCUT2D eigenvalue weighted by molar-refractivity contribution is 5.91. The van der Waals surface area contributed by atoms with Crippen molar-refractivity contribution in [3.05, 3.63) is 47.1 Å². The molecule has 0 saturated carbocycles. The molecule has 0 aliphatic heterocycles. The standard InChI is InChI=1S/C14H17N3O3/c1-10(2)20-9-13(18)16-11-3-5-12(6-4-11)17-8-7-15-14(17)19/h3-8,10H,9H2,1-2H3,(H,15,19)(H,16,18). The van der Waals surface area contributed by atoms with Crippen molar-refractivity contribution in [3.63, 3.8) is 0 Å². The molecule has 106 valence electrons. The fourth-order valence-corrected chi connectivity index (χ4v) is 1.67. The third-order valence-electron chi connectivity index (χ3n) is 2.63. The van der Waals surface area contributed by atoms with E-state index in [0.717, 1.165) is 5.69 Å². The molecular weight excluding hydrogens is 258 g/mol. The molecule has 20 heavy (non-hydrogen) atoms. The summed E-state index contributed by atoms with van der Waals surface area (Å²) < 4.78 is 6.69. The van der Waals surface area contributed by atoms with Crippen LogP contribution >= 0.6 is 0 Å². The van der Waals surface area contributed by atoms with Gasteiger partial charge < -0.3 is 15.0 Å². The van der Waals surface area contributed by atoms with Gasteiger partial charge in [0.2, 0.25) is 5.91 Å². The first kappa shape index (κ1) is 14.1. The molecule has 0 atom stereocenters. The van der Waals surface area contributed by atoms with E-state index in [1.807, 2.05) is 13.8 Å². The summed E-state index contributed by atoms with van der Waals surface area (Å²) in [6, 6.07) is 6.99.